The molecule has 0 bridgehead atoms. The van der Waals surface area contributed by atoms with Crippen LogP contribution in [0, 0.1) is 5.41 Å². The molecule has 2 rings (SSSR count). The van der Waals surface area contributed by atoms with Gasteiger partial charge in [-0.25, -0.2) is 4.58 Å². The molecule has 1 aromatic carbocycles. The molecule has 1 nitrogen and oxygen atoms in total. The highest BCUT2D eigenvalue weighted by molar-refractivity contribution is 14.1. The molecular formula is C15H21I2N. The molecule has 0 amide bonds. The van der Waals surface area contributed by atoms with Crippen LogP contribution >= 0.6 is 22.6 Å². The molecule has 2 atom stereocenters. The van der Waals surface area contributed by atoms with Gasteiger partial charge in [0.2, 0.25) is 0 Å². The van der Waals surface area contributed by atoms with E-state index in [2.05, 4.69) is 84.5 Å². The molecule has 0 aliphatic carbocycles. The van der Waals surface area contributed by atoms with Crippen molar-refractivity contribution in [1.29, 1.82) is 0 Å². The van der Waals surface area contributed by atoms with E-state index in [0.29, 0.717) is 11.5 Å². The monoisotopic (exact) mass is 469 g/mol. The molecule has 1 aromatic rings. The summed E-state index contributed by atoms with van der Waals surface area (Å²) >= 11 is 2.59. The highest BCUT2D eigenvalue weighted by Gasteiger charge is 2.34. The van der Waals surface area contributed by atoms with E-state index in [1.807, 2.05) is 0 Å². The molecule has 0 N–H and O–H groups in total. The molecule has 0 saturated carbocycles. The topological polar surface area (TPSA) is 3.01 Å². The Hall–Kier alpha value is 0.350. The van der Waals surface area contributed by atoms with Gasteiger partial charge in [0.25, 0.3) is 0 Å². The number of halogens is 2. The summed E-state index contributed by atoms with van der Waals surface area (Å²) in [7, 11) is 0. The summed E-state index contributed by atoms with van der Waals surface area (Å²) < 4.78 is 3.26. The number of hydrogen-bond donors (Lipinski definition) is 0. The summed E-state index contributed by atoms with van der Waals surface area (Å²) in [6.45, 7) is 8.14. The van der Waals surface area contributed by atoms with E-state index in [0.717, 1.165) is 3.92 Å². The van der Waals surface area contributed by atoms with E-state index in [1.165, 1.54) is 18.5 Å². The van der Waals surface area contributed by atoms with Crippen LogP contribution in [0.1, 0.15) is 38.8 Å². The molecule has 0 saturated heterocycles. The number of rotatable bonds is 2. The average molecular weight is 469 g/mol. The van der Waals surface area contributed by atoms with Gasteiger partial charge in [-0.1, -0.05) is 66.8 Å². The Labute approximate surface area is 141 Å². The fraction of sp³-hybridized carbons (Fsp3) is 0.533. The van der Waals surface area contributed by atoms with E-state index in [-0.39, 0.29) is 24.0 Å². The second-order valence-corrected chi connectivity index (χ2v) is 7.46. The first-order chi connectivity index (χ1) is 7.98. The molecule has 0 radical (unpaired) electrons. The zero-order valence-electron chi connectivity index (χ0n) is 11.2. The Morgan fingerprint density at radius 1 is 1.28 bits per heavy atom. The van der Waals surface area contributed by atoms with E-state index in [9.17, 15) is 0 Å². The van der Waals surface area contributed by atoms with Gasteiger partial charge in [0.1, 0.15) is 6.21 Å². The van der Waals surface area contributed by atoms with Crippen LogP contribution < -0.4 is 24.0 Å². The highest BCUT2D eigenvalue weighted by Crippen LogP contribution is 2.30. The van der Waals surface area contributed by atoms with Crippen molar-refractivity contribution in [3.63, 3.8) is 0 Å². The lowest BCUT2D eigenvalue weighted by Crippen LogP contribution is -3.00. The van der Waals surface area contributed by atoms with Gasteiger partial charge in [-0.15, -0.1) is 0 Å². The predicted octanol–water partition coefficient (Wildman–Crippen LogP) is 1.07. The molecule has 100 valence electrons. The summed E-state index contributed by atoms with van der Waals surface area (Å²) in [5.74, 6) is 0. The van der Waals surface area contributed by atoms with Crippen LogP contribution in [0.3, 0.4) is 0 Å². The lowest BCUT2D eigenvalue weighted by molar-refractivity contribution is -0.570. The summed E-state index contributed by atoms with van der Waals surface area (Å²) in [6.07, 6.45) is 3.71. The van der Waals surface area contributed by atoms with Crippen LogP contribution in [-0.4, -0.2) is 21.3 Å². The fourth-order valence-corrected chi connectivity index (χ4v) is 4.20. The molecule has 1 aliphatic heterocycles. The third-order valence-electron chi connectivity index (χ3n) is 3.45. The molecule has 0 fully saturated rings. The first-order valence-electron chi connectivity index (χ1n) is 6.29. The van der Waals surface area contributed by atoms with Gasteiger partial charge in [-0.2, -0.15) is 0 Å². The maximum absolute atomic E-state index is 2.59. The van der Waals surface area contributed by atoms with Crippen molar-refractivity contribution in [1.82, 2.24) is 0 Å². The molecule has 0 spiro atoms. The Kier molecular flexibility index (Phi) is 6.09. The van der Waals surface area contributed by atoms with Crippen LogP contribution in [0.4, 0.5) is 0 Å². The van der Waals surface area contributed by atoms with Crippen molar-refractivity contribution in [2.75, 3.05) is 6.54 Å². The Morgan fingerprint density at radius 3 is 2.44 bits per heavy atom. The molecule has 0 aromatic heterocycles. The third-order valence-corrected chi connectivity index (χ3v) is 4.29. The Balaban J connectivity index is 0.00000162. The molecule has 1 heterocycles. The molecule has 18 heavy (non-hydrogen) atoms. The van der Waals surface area contributed by atoms with Gasteiger partial charge in [-0.05, 0) is 6.42 Å². The molecule has 1 aliphatic rings. The van der Waals surface area contributed by atoms with Gasteiger partial charge in [0, 0.05) is 17.9 Å². The zero-order valence-corrected chi connectivity index (χ0v) is 15.6. The van der Waals surface area contributed by atoms with Crippen LogP contribution in [0.2, 0.25) is 0 Å². The van der Waals surface area contributed by atoms with Crippen LogP contribution in [-0.2, 0) is 0 Å². The van der Waals surface area contributed by atoms with Gasteiger partial charge in [0.05, 0.1) is 3.92 Å². The van der Waals surface area contributed by atoms with E-state index in [4.69, 9.17) is 0 Å². The molecule has 1 unspecified atom stereocenters. The minimum atomic E-state index is 0. The van der Waals surface area contributed by atoms with Gasteiger partial charge in [-0.3, -0.25) is 0 Å². The third kappa shape index (κ3) is 4.18. The quantitative estimate of drug-likeness (QED) is 0.347. The van der Waals surface area contributed by atoms with Crippen LogP contribution in [0.15, 0.2) is 30.3 Å². The minimum absolute atomic E-state index is 0. The summed E-state index contributed by atoms with van der Waals surface area (Å²) in [4.78, 5) is 0. The van der Waals surface area contributed by atoms with Crippen LogP contribution in [0.25, 0.3) is 0 Å². The standard InChI is InChI=1S/C15H21IN.HI/c1-12(13-7-5-4-6-8-13)17-10-14(16)9-15(2,3)11-17;/h4-8,11-12,14H,9-10H2,1-3H3;1H/q+1;/p-1/t12-,14?;/m1./s1. The van der Waals surface area contributed by atoms with Crippen molar-refractivity contribution < 1.29 is 28.6 Å². The number of alkyl halides is 1. The Bertz CT molecular complexity index is 412. The normalized spacial score (nSPS) is 23.8. The zero-order chi connectivity index (χ0) is 12.5. The molecule has 3 heteroatoms. The average Bonchev–Trinajstić information content (AvgIpc) is 2.26. The number of hydrogen-bond acceptors (Lipinski definition) is 0. The van der Waals surface area contributed by atoms with Crippen molar-refractivity contribution in [3.05, 3.63) is 35.9 Å². The van der Waals surface area contributed by atoms with Crippen LogP contribution in [0.5, 0.6) is 0 Å². The lowest BCUT2D eigenvalue weighted by Gasteiger charge is -2.28. The van der Waals surface area contributed by atoms with Crippen molar-refractivity contribution >= 4 is 28.8 Å². The fourth-order valence-electron chi connectivity index (χ4n) is 2.61. The van der Waals surface area contributed by atoms with Gasteiger partial charge < -0.3 is 24.0 Å². The summed E-state index contributed by atoms with van der Waals surface area (Å²) in [5, 5.41) is 0. The van der Waals surface area contributed by atoms with Gasteiger partial charge >= 0.3 is 0 Å². The first kappa shape index (κ1) is 16.4. The van der Waals surface area contributed by atoms with Gasteiger partial charge in [0.15, 0.2) is 12.6 Å². The maximum Gasteiger partial charge on any atom is 0.174 e. The van der Waals surface area contributed by atoms with Crippen molar-refractivity contribution in [2.24, 2.45) is 5.41 Å². The first-order valence-corrected chi connectivity index (χ1v) is 7.53. The van der Waals surface area contributed by atoms with E-state index < -0.39 is 0 Å². The second-order valence-electron chi connectivity index (χ2n) is 5.70. The summed E-state index contributed by atoms with van der Waals surface area (Å²) in [5.41, 5.74) is 1.73. The van der Waals surface area contributed by atoms with Crippen molar-refractivity contribution in [3.8, 4) is 0 Å². The number of nitrogens with zero attached hydrogens (tertiary/aromatic N) is 1. The predicted molar refractivity (Wildman–Crippen MR) is 82.3 cm³/mol. The van der Waals surface area contributed by atoms with E-state index >= 15 is 0 Å². The Morgan fingerprint density at radius 2 is 1.89 bits per heavy atom. The maximum atomic E-state index is 2.59. The lowest BCUT2D eigenvalue weighted by atomic mass is 9.86. The summed E-state index contributed by atoms with van der Waals surface area (Å²) in [6, 6.07) is 11.3. The SMILES string of the molecule is C[C@H](c1ccccc1)[N+]1=CC(C)(C)CC(I)C1.[I-]. The van der Waals surface area contributed by atoms with E-state index in [1.54, 1.807) is 0 Å². The smallest absolute Gasteiger partial charge is 0.174 e. The van der Waals surface area contributed by atoms with Crippen molar-refractivity contribution in [2.45, 2.75) is 37.2 Å². The highest BCUT2D eigenvalue weighted by atomic mass is 127. The number of benzene rings is 1. The molecular weight excluding hydrogens is 448 g/mol. The second kappa shape index (κ2) is 6.68. The minimum Gasteiger partial charge on any atom is -1.00 e. The largest absolute Gasteiger partial charge is 1.00 e.